The zero-order valence-corrected chi connectivity index (χ0v) is 12.3. The number of ether oxygens (including phenoxy) is 1. The maximum Gasteiger partial charge on any atom is 0.573 e. The minimum atomic E-state index is -4.78. The second-order valence-corrected chi connectivity index (χ2v) is 4.75. The molecule has 0 spiro atoms. The lowest BCUT2D eigenvalue weighted by Crippen LogP contribution is -2.20. The Balaban J connectivity index is 2.15. The predicted octanol–water partition coefficient (Wildman–Crippen LogP) is 2.50. The molecule has 0 atom stereocenters. The van der Waals surface area contributed by atoms with E-state index in [1.807, 2.05) is 0 Å². The molecule has 0 unspecified atom stereocenters. The molecule has 8 nitrogen and oxygen atoms in total. The monoisotopic (exact) mass is 343 g/mol. The van der Waals surface area contributed by atoms with Gasteiger partial charge >= 0.3 is 12.0 Å². The Morgan fingerprint density at radius 3 is 2.71 bits per heavy atom. The second kappa shape index (κ2) is 6.56. The van der Waals surface area contributed by atoms with Gasteiger partial charge in [-0.3, -0.25) is 10.1 Å². The normalized spacial score (nSPS) is 11.2. The van der Waals surface area contributed by atoms with Crippen LogP contribution in [0.1, 0.15) is 5.56 Å². The van der Waals surface area contributed by atoms with Crippen LogP contribution in [0.4, 0.5) is 30.6 Å². The minimum absolute atomic E-state index is 0.0974. The van der Waals surface area contributed by atoms with Crippen LogP contribution in [0, 0.1) is 10.1 Å². The van der Waals surface area contributed by atoms with E-state index >= 15 is 0 Å². The maximum absolute atomic E-state index is 12.2. The van der Waals surface area contributed by atoms with Crippen molar-refractivity contribution in [3.05, 3.63) is 46.1 Å². The fourth-order valence-corrected chi connectivity index (χ4v) is 1.89. The highest BCUT2D eigenvalue weighted by atomic mass is 19.4. The van der Waals surface area contributed by atoms with Crippen LogP contribution in [-0.2, 0) is 6.54 Å². The molecule has 1 heterocycles. The van der Waals surface area contributed by atoms with E-state index in [-0.39, 0.29) is 24.1 Å². The Labute approximate surface area is 133 Å². The van der Waals surface area contributed by atoms with Crippen molar-refractivity contribution in [2.75, 3.05) is 17.7 Å². The molecule has 0 amide bonds. The fraction of sp³-hybridized carbons (Fsp3) is 0.231. The number of hydrogen-bond acceptors (Lipinski definition) is 7. The Kier molecular flexibility index (Phi) is 4.71. The van der Waals surface area contributed by atoms with E-state index in [1.165, 1.54) is 23.1 Å². The molecule has 11 heteroatoms. The van der Waals surface area contributed by atoms with Gasteiger partial charge in [-0.25, -0.2) is 4.98 Å². The highest BCUT2D eigenvalue weighted by molar-refractivity contribution is 5.53. The average Bonchev–Trinajstić information content (AvgIpc) is 2.45. The van der Waals surface area contributed by atoms with Gasteiger partial charge in [-0.05, 0) is 17.7 Å². The van der Waals surface area contributed by atoms with Gasteiger partial charge in [0.25, 0.3) is 0 Å². The SMILES string of the molecule is CN(Cc1cccc(OC(F)(F)F)c1)c1ncc([N+](=O)[O-])c(N)n1. The number of nitrogen functional groups attached to an aromatic ring is 1. The maximum atomic E-state index is 12.2. The molecule has 1 aromatic carbocycles. The molecule has 0 radical (unpaired) electrons. The van der Waals surface area contributed by atoms with Gasteiger partial charge in [0, 0.05) is 13.6 Å². The summed E-state index contributed by atoms with van der Waals surface area (Å²) in [5, 5.41) is 10.7. The van der Waals surface area contributed by atoms with Crippen LogP contribution in [0.2, 0.25) is 0 Å². The van der Waals surface area contributed by atoms with Crippen molar-refractivity contribution in [3.8, 4) is 5.75 Å². The van der Waals surface area contributed by atoms with Crippen LogP contribution >= 0.6 is 0 Å². The third-order valence-corrected chi connectivity index (χ3v) is 2.88. The molecule has 128 valence electrons. The Hall–Kier alpha value is -3.11. The Morgan fingerprint density at radius 2 is 2.12 bits per heavy atom. The van der Waals surface area contributed by atoms with Gasteiger partial charge in [0.2, 0.25) is 11.8 Å². The van der Waals surface area contributed by atoms with Crippen molar-refractivity contribution in [2.24, 2.45) is 0 Å². The van der Waals surface area contributed by atoms with Gasteiger partial charge < -0.3 is 15.4 Å². The van der Waals surface area contributed by atoms with E-state index in [4.69, 9.17) is 5.73 Å². The topological polar surface area (TPSA) is 107 Å². The molecule has 0 aliphatic rings. The molecular weight excluding hydrogens is 331 g/mol. The predicted molar refractivity (Wildman–Crippen MR) is 78.3 cm³/mol. The minimum Gasteiger partial charge on any atom is -0.406 e. The molecule has 0 saturated heterocycles. The van der Waals surface area contributed by atoms with Gasteiger partial charge in [-0.15, -0.1) is 13.2 Å². The third kappa shape index (κ3) is 4.44. The van der Waals surface area contributed by atoms with Crippen molar-refractivity contribution in [1.29, 1.82) is 0 Å². The lowest BCUT2D eigenvalue weighted by Gasteiger charge is -2.17. The smallest absolute Gasteiger partial charge is 0.406 e. The summed E-state index contributed by atoms with van der Waals surface area (Å²) < 4.78 is 40.5. The van der Waals surface area contributed by atoms with Crippen molar-refractivity contribution < 1.29 is 22.8 Å². The summed E-state index contributed by atoms with van der Waals surface area (Å²) in [4.78, 5) is 19.1. The average molecular weight is 343 g/mol. The van der Waals surface area contributed by atoms with Gasteiger partial charge in [-0.1, -0.05) is 12.1 Å². The Bertz CT molecular complexity index is 754. The number of nitro groups is 1. The zero-order valence-electron chi connectivity index (χ0n) is 12.3. The van der Waals surface area contributed by atoms with Crippen molar-refractivity contribution in [2.45, 2.75) is 12.9 Å². The van der Waals surface area contributed by atoms with Gasteiger partial charge in [0.1, 0.15) is 11.9 Å². The van der Waals surface area contributed by atoms with E-state index in [0.717, 1.165) is 6.20 Å². The third-order valence-electron chi connectivity index (χ3n) is 2.88. The summed E-state index contributed by atoms with van der Waals surface area (Å²) in [6.45, 7) is 0.145. The molecule has 0 fully saturated rings. The first kappa shape index (κ1) is 17.2. The summed E-state index contributed by atoms with van der Waals surface area (Å²) >= 11 is 0. The van der Waals surface area contributed by atoms with E-state index in [0.29, 0.717) is 5.56 Å². The van der Waals surface area contributed by atoms with Crippen LogP contribution < -0.4 is 15.4 Å². The van der Waals surface area contributed by atoms with Crippen molar-refractivity contribution in [3.63, 3.8) is 0 Å². The van der Waals surface area contributed by atoms with Gasteiger partial charge in [0.15, 0.2) is 0 Å². The number of anilines is 2. The summed E-state index contributed by atoms with van der Waals surface area (Å²) in [6.07, 6.45) is -3.81. The lowest BCUT2D eigenvalue weighted by atomic mass is 10.2. The van der Waals surface area contributed by atoms with Crippen molar-refractivity contribution in [1.82, 2.24) is 9.97 Å². The molecule has 2 N–H and O–H groups in total. The summed E-state index contributed by atoms with van der Waals surface area (Å²) in [6, 6.07) is 5.40. The summed E-state index contributed by atoms with van der Waals surface area (Å²) in [7, 11) is 1.57. The highest BCUT2D eigenvalue weighted by Crippen LogP contribution is 2.25. The number of nitrogens with zero attached hydrogens (tertiary/aromatic N) is 4. The van der Waals surface area contributed by atoms with E-state index in [1.54, 1.807) is 13.1 Å². The van der Waals surface area contributed by atoms with E-state index in [2.05, 4.69) is 14.7 Å². The molecule has 2 rings (SSSR count). The largest absolute Gasteiger partial charge is 0.573 e. The summed E-state index contributed by atoms with van der Waals surface area (Å²) in [5.41, 5.74) is 5.56. The van der Waals surface area contributed by atoms with Crippen LogP contribution in [0.15, 0.2) is 30.5 Å². The van der Waals surface area contributed by atoms with Crippen LogP contribution in [0.3, 0.4) is 0 Å². The molecule has 0 bridgehead atoms. The molecular formula is C13H12F3N5O3. The quantitative estimate of drug-likeness (QED) is 0.656. The highest BCUT2D eigenvalue weighted by Gasteiger charge is 2.31. The van der Waals surface area contributed by atoms with E-state index < -0.39 is 17.0 Å². The number of hydrogen-bond donors (Lipinski definition) is 1. The second-order valence-electron chi connectivity index (χ2n) is 4.75. The fourth-order valence-electron chi connectivity index (χ4n) is 1.89. The van der Waals surface area contributed by atoms with Crippen LogP contribution in [0.25, 0.3) is 0 Å². The van der Waals surface area contributed by atoms with Crippen molar-refractivity contribution >= 4 is 17.5 Å². The Morgan fingerprint density at radius 1 is 1.42 bits per heavy atom. The zero-order chi connectivity index (χ0) is 17.9. The number of nitrogens with two attached hydrogens (primary N) is 1. The number of aromatic nitrogens is 2. The number of benzene rings is 1. The lowest BCUT2D eigenvalue weighted by molar-refractivity contribution is -0.384. The van der Waals surface area contributed by atoms with Gasteiger partial charge in [-0.2, -0.15) is 4.98 Å². The molecule has 0 aliphatic carbocycles. The molecule has 1 aromatic heterocycles. The molecule has 0 aliphatic heterocycles. The van der Waals surface area contributed by atoms with Gasteiger partial charge in [0.05, 0.1) is 4.92 Å². The summed E-state index contributed by atoms with van der Waals surface area (Å²) in [5.74, 6) is -0.552. The van der Waals surface area contributed by atoms with Crippen LogP contribution in [-0.4, -0.2) is 28.3 Å². The molecule has 0 saturated carbocycles. The van der Waals surface area contributed by atoms with E-state index in [9.17, 15) is 23.3 Å². The number of rotatable bonds is 5. The number of alkyl halides is 3. The standard InChI is InChI=1S/C13H12F3N5O3/c1-20(12-18-6-10(21(22)23)11(17)19-12)7-8-3-2-4-9(5-8)24-13(14,15)16/h2-6H,7H2,1H3,(H2,17,18,19). The van der Waals surface area contributed by atoms with Crippen LogP contribution in [0.5, 0.6) is 5.75 Å². The first-order chi connectivity index (χ1) is 11.2. The number of halogens is 3. The first-order valence-corrected chi connectivity index (χ1v) is 6.48. The molecule has 2 aromatic rings. The molecule has 24 heavy (non-hydrogen) atoms. The first-order valence-electron chi connectivity index (χ1n) is 6.48.